The minimum Gasteiger partial charge on any atom is -0.366 e. The Kier molecular flexibility index (Phi) is 6.76. The van der Waals surface area contributed by atoms with Crippen LogP contribution in [0.1, 0.15) is 6.92 Å². The Hall–Kier alpha value is -2.47. The molecule has 3 rings (SSSR count). The normalized spacial score (nSPS) is 12.1. The van der Waals surface area contributed by atoms with Gasteiger partial charge in [-0.1, -0.05) is 23.7 Å². The van der Waals surface area contributed by atoms with E-state index < -0.39 is 20.0 Å². The van der Waals surface area contributed by atoms with Crippen LogP contribution >= 0.6 is 11.6 Å². The van der Waals surface area contributed by atoms with Gasteiger partial charge < -0.3 is 5.32 Å². The molecule has 0 saturated heterocycles. The first-order valence-corrected chi connectivity index (χ1v) is 12.5. The van der Waals surface area contributed by atoms with E-state index >= 15 is 0 Å². The lowest BCUT2D eigenvalue weighted by molar-refractivity contribution is 0.584. The lowest BCUT2D eigenvalue weighted by atomic mass is 10.3. The van der Waals surface area contributed by atoms with Gasteiger partial charge in [0.15, 0.2) is 11.6 Å². The molecule has 30 heavy (non-hydrogen) atoms. The van der Waals surface area contributed by atoms with Crippen molar-refractivity contribution in [1.29, 1.82) is 0 Å². The number of nitrogens with zero attached hydrogens (tertiary/aromatic N) is 2. The first kappa shape index (κ1) is 22.2. The lowest BCUT2D eigenvalue weighted by Gasteiger charge is -2.14. The number of hydrogen-bond donors (Lipinski definition) is 3. The van der Waals surface area contributed by atoms with Crippen LogP contribution in [0.25, 0.3) is 11.0 Å². The summed E-state index contributed by atoms with van der Waals surface area (Å²) in [6.07, 6.45) is 0. The van der Waals surface area contributed by atoms with Crippen LogP contribution in [0, 0.1) is 0 Å². The Labute approximate surface area is 180 Å². The molecule has 0 bridgehead atoms. The number of para-hydroxylation sites is 2. The zero-order chi connectivity index (χ0) is 21.8. The van der Waals surface area contributed by atoms with Gasteiger partial charge in [-0.05, 0) is 43.3 Å². The van der Waals surface area contributed by atoms with E-state index in [1.54, 1.807) is 24.3 Å². The predicted octanol–water partition coefficient (Wildman–Crippen LogP) is 2.44. The van der Waals surface area contributed by atoms with E-state index in [-0.39, 0.29) is 35.4 Å². The summed E-state index contributed by atoms with van der Waals surface area (Å²) in [7, 11) is -7.28. The Balaban J connectivity index is 1.88. The third kappa shape index (κ3) is 5.57. The highest BCUT2D eigenvalue weighted by molar-refractivity contribution is 7.92. The third-order valence-corrected chi connectivity index (χ3v) is 7.06. The molecule has 0 unspecified atom stereocenters. The molecule has 1 heterocycles. The summed E-state index contributed by atoms with van der Waals surface area (Å²) in [6, 6.07) is 12.7. The van der Waals surface area contributed by atoms with Crippen LogP contribution in [0.4, 0.5) is 11.6 Å². The van der Waals surface area contributed by atoms with Crippen molar-refractivity contribution in [3.05, 3.63) is 53.6 Å². The van der Waals surface area contributed by atoms with Crippen molar-refractivity contribution in [2.75, 3.05) is 28.9 Å². The lowest BCUT2D eigenvalue weighted by Crippen LogP contribution is -2.30. The summed E-state index contributed by atoms with van der Waals surface area (Å²) in [4.78, 5) is 8.81. The van der Waals surface area contributed by atoms with Crippen molar-refractivity contribution >= 4 is 54.3 Å². The van der Waals surface area contributed by atoms with Crippen LogP contribution in [0.5, 0.6) is 0 Å². The number of sulfonamides is 2. The molecule has 0 radical (unpaired) electrons. The summed E-state index contributed by atoms with van der Waals surface area (Å²) in [5.41, 5.74) is 1.06. The molecular weight excluding hydrogens is 450 g/mol. The number of aromatic nitrogens is 2. The maximum atomic E-state index is 12.8. The Bertz CT molecular complexity index is 1250. The molecule has 12 heteroatoms. The summed E-state index contributed by atoms with van der Waals surface area (Å²) < 4.78 is 53.5. The van der Waals surface area contributed by atoms with E-state index in [9.17, 15) is 16.8 Å². The molecule has 0 amide bonds. The van der Waals surface area contributed by atoms with Gasteiger partial charge in [0.05, 0.1) is 21.7 Å². The van der Waals surface area contributed by atoms with Crippen molar-refractivity contribution in [2.24, 2.45) is 0 Å². The summed E-state index contributed by atoms with van der Waals surface area (Å²) in [5.74, 6) is 0.151. The zero-order valence-corrected chi connectivity index (χ0v) is 18.4. The molecule has 9 nitrogen and oxygen atoms in total. The maximum absolute atomic E-state index is 12.8. The fourth-order valence-corrected chi connectivity index (χ4v) is 4.24. The van der Waals surface area contributed by atoms with Crippen LogP contribution in [0.2, 0.25) is 5.02 Å². The molecule has 160 valence electrons. The van der Waals surface area contributed by atoms with Gasteiger partial charge in [0.25, 0.3) is 10.0 Å². The van der Waals surface area contributed by atoms with Crippen molar-refractivity contribution < 1.29 is 16.8 Å². The first-order chi connectivity index (χ1) is 14.2. The molecule has 0 spiro atoms. The van der Waals surface area contributed by atoms with Gasteiger partial charge in [-0.2, -0.15) is 0 Å². The van der Waals surface area contributed by atoms with E-state index in [2.05, 4.69) is 24.7 Å². The largest absolute Gasteiger partial charge is 0.366 e. The van der Waals surface area contributed by atoms with Crippen molar-refractivity contribution in [3.63, 3.8) is 0 Å². The average molecular weight is 470 g/mol. The van der Waals surface area contributed by atoms with Gasteiger partial charge in [-0.3, -0.25) is 4.72 Å². The van der Waals surface area contributed by atoms with Crippen LogP contribution in [0.15, 0.2) is 53.4 Å². The van der Waals surface area contributed by atoms with E-state index in [4.69, 9.17) is 11.6 Å². The maximum Gasteiger partial charge on any atom is 0.263 e. The molecule has 0 atom stereocenters. The number of rotatable bonds is 9. The van der Waals surface area contributed by atoms with Crippen LogP contribution in [0.3, 0.4) is 0 Å². The molecule has 0 aliphatic heterocycles. The predicted molar refractivity (Wildman–Crippen MR) is 118 cm³/mol. The third-order valence-electron chi connectivity index (χ3n) is 4.04. The topological polar surface area (TPSA) is 130 Å². The highest BCUT2D eigenvalue weighted by Gasteiger charge is 2.19. The van der Waals surface area contributed by atoms with Gasteiger partial charge >= 0.3 is 0 Å². The quantitative estimate of drug-likeness (QED) is 0.410. The van der Waals surface area contributed by atoms with Crippen LogP contribution in [-0.2, 0) is 20.0 Å². The molecule has 0 aliphatic carbocycles. The number of benzene rings is 2. The number of hydrogen-bond acceptors (Lipinski definition) is 7. The van der Waals surface area contributed by atoms with E-state index in [1.807, 2.05) is 0 Å². The zero-order valence-electron chi connectivity index (χ0n) is 16.0. The van der Waals surface area contributed by atoms with Crippen LogP contribution in [-0.4, -0.2) is 45.6 Å². The summed E-state index contributed by atoms with van der Waals surface area (Å²) in [5, 5.41) is 3.35. The van der Waals surface area contributed by atoms with Gasteiger partial charge in [0.2, 0.25) is 10.0 Å². The molecular formula is C18H20ClN5O4S2. The van der Waals surface area contributed by atoms with Gasteiger partial charge in [0.1, 0.15) is 0 Å². The second-order valence-electron chi connectivity index (χ2n) is 6.19. The van der Waals surface area contributed by atoms with Crippen molar-refractivity contribution in [2.45, 2.75) is 11.8 Å². The van der Waals surface area contributed by atoms with E-state index in [1.165, 1.54) is 31.2 Å². The average Bonchev–Trinajstić information content (AvgIpc) is 2.71. The van der Waals surface area contributed by atoms with E-state index in [0.717, 1.165) is 0 Å². The SMILES string of the molecule is CCS(=O)(=O)NCCNc1nc2ccccc2nc1NS(=O)(=O)c1ccc(Cl)cc1. The second kappa shape index (κ2) is 9.13. The first-order valence-electron chi connectivity index (χ1n) is 8.96. The second-order valence-corrected chi connectivity index (χ2v) is 10.4. The minimum atomic E-state index is -3.94. The Morgan fingerprint density at radius 2 is 1.47 bits per heavy atom. The smallest absolute Gasteiger partial charge is 0.263 e. The molecule has 3 N–H and O–H groups in total. The molecule has 0 aliphatic rings. The minimum absolute atomic E-state index is 0.00185. The Morgan fingerprint density at radius 1 is 0.867 bits per heavy atom. The molecule has 0 fully saturated rings. The van der Waals surface area contributed by atoms with Gasteiger partial charge in [0, 0.05) is 18.1 Å². The van der Waals surface area contributed by atoms with Crippen molar-refractivity contribution in [3.8, 4) is 0 Å². The fourth-order valence-electron chi connectivity index (χ4n) is 2.48. The monoisotopic (exact) mass is 469 g/mol. The number of halogens is 1. The van der Waals surface area contributed by atoms with Crippen molar-refractivity contribution in [1.82, 2.24) is 14.7 Å². The molecule has 0 saturated carbocycles. The summed E-state index contributed by atoms with van der Waals surface area (Å²) >= 11 is 5.83. The van der Waals surface area contributed by atoms with Gasteiger partial charge in [-0.15, -0.1) is 0 Å². The highest BCUT2D eigenvalue weighted by atomic mass is 35.5. The highest BCUT2D eigenvalue weighted by Crippen LogP contribution is 2.24. The van der Waals surface area contributed by atoms with E-state index in [0.29, 0.717) is 16.1 Å². The van der Waals surface area contributed by atoms with Gasteiger partial charge in [-0.25, -0.2) is 31.5 Å². The van der Waals surface area contributed by atoms with Crippen LogP contribution < -0.4 is 14.8 Å². The molecule has 3 aromatic rings. The Morgan fingerprint density at radius 3 is 2.07 bits per heavy atom. The number of nitrogens with one attached hydrogen (secondary N) is 3. The summed E-state index contributed by atoms with van der Waals surface area (Å²) in [6.45, 7) is 1.82. The number of anilines is 2. The fraction of sp³-hybridized carbons (Fsp3) is 0.222. The number of fused-ring (bicyclic) bond motifs is 1. The molecule has 1 aromatic heterocycles. The molecule has 2 aromatic carbocycles. The standard InChI is InChI=1S/C18H20ClN5O4S2/c1-2-29(25,26)21-12-11-20-17-18(23-16-6-4-3-5-15(16)22-17)24-30(27,28)14-9-7-13(19)8-10-14/h3-10,21H,2,11-12H2,1H3,(H,20,22)(H,23,24).